The molecule has 1 aromatic carbocycles. The molecule has 0 bridgehead atoms. The number of halogens is 2. The Kier molecular flexibility index (Phi) is 3.74. The molecule has 0 aromatic heterocycles. The predicted molar refractivity (Wildman–Crippen MR) is 48.3 cm³/mol. The van der Waals surface area contributed by atoms with Gasteiger partial charge in [0.1, 0.15) is 13.2 Å². The molecule has 0 atom stereocenters. The summed E-state index contributed by atoms with van der Waals surface area (Å²) in [4.78, 5) is 10.7. The molecule has 1 aromatic rings. The molecule has 0 unspecified atom stereocenters. The summed E-state index contributed by atoms with van der Waals surface area (Å²) in [5.41, 5.74) is 0.611. The smallest absolute Gasteiger partial charge is 0.379 e. The number of esters is 1. The van der Waals surface area contributed by atoms with Gasteiger partial charge >= 0.3 is 11.9 Å². The van der Waals surface area contributed by atoms with Gasteiger partial charge in [-0.1, -0.05) is 30.3 Å². The lowest BCUT2D eigenvalue weighted by Gasteiger charge is -2.11. The van der Waals surface area contributed by atoms with Crippen LogP contribution < -0.4 is 0 Å². The average molecular weight is 216 g/mol. The SMILES string of the molecule is O=C(OCc1ccccc1)C(F)(F)CO. The highest BCUT2D eigenvalue weighted by molar-refractivity contribution is 5.77. The van der Waals surface area contributed by atoms with E-state index in [4.69, 9.17) is 5.11 Å². The lowest BCUT2D eigenvalue weighted by atomic mass is 10.2. The van der Waals surface area contributed by atoms with Gasteiger partial charge in [-0.2, -0.15) is 8.78 Å². The summed E-state index contributed by atoms with van der Waals surface area (Å²) in [6.45, 7) is -1.77. The Balaban J connectivity index is 2.48. The molecule has 5 heteroatoms. The van der Waals surface area contributed by atoms with E-state index in [9.17, 15) is 13.6 Å². The van der Waals surface area contributed by atoms with Crippen LogP contribution in [0.2, 0.25) is 0 Å². The van der Waals surface area contributed by atoms with Gasteiger partial charge < -0.3 is 9.84 Å². The third-order valence-electron chi connectivity index (χ3n) is 1.71. The van der Waals surface area contributed by atoms with Crippen molar-refractivity contribution >= 4 is 5.97 Å². The van der Waals surface area contributed by atoms with E-state index in [0.29, 0.717) is 5.56 Å². The summed E-state index contributed by atoms with van der Waals surface area (Å²) in [5, 5.41) is 8.21. The Labute approximate surface area is 85.3 Å². The van der Waals surface area contributed by atoms with E-state index in [-0.39, 0.29) is 6.61 Å². The first-order valence-corrected chi connectivity index (χ1v) is 4.26. The molecule has 0 fully saturated rings. The van der Waals surface area contributed by atoms with Crippen LogP contribution in [-0.4, -0.2) is 23.6 Å². The number of alkyl halides is 2. The van der Waals surface area contributed by atoms with E-state index in [0.717, 1.165) is 0 Å². The number of aliphatic hydroxyl groups is 1. The molecule has 15 heavy (non-hydrogen) atoms. The molecule has 0 heterocycles. The molecule has 0 spiro atoms. The zero-order valence-corrected chi connectivity index (χ0v) is 7.82. The number of carbonyl (C=O) groups excluding carboxylic acids is 1. The van der Waals surface area contributed by atoms with Crippen molar-refractivity contribution in [3.05, 3.63) is 35.9 Å². The van der Waals surface area contributed by atoms with Gasteiger partial charge in [0.05, 0.1) is 0 Å². The van der Waals surface area contributed by atoms with E-state index < -0.39 is 18.5 Å². The summed E-state index contributed by atoms with van der Waals surface area (Å²) in [6, 6.07) is 8.45. The molecule has 0 aliphatic rings. The largest absolute Gasteiger partial charge is 0.456 e. The van der Waals surface area contributed by atoms with Crippen molar-refractivity contribution in [2.45, 2.75) is 12.5 Å². The molecule has 0 saturated carbocycles. The van der Waals surface area contributed by atoms with Gasteiger partial charge in [-0.15, -0.1) is 0 Å². The van der Waals surface area contributed by atoms with Crippen LogP contribution in [-0.2, 0) is 16.1 Å². The number of carbonyl (C=O) groups is 1. The van der Waals surface area contributed by atoms with Gasteiger partial charge in [0, 0.05) is 0 Å². The van der Waals surface area contributed by atoms with Crippen molar-refractivity contribution in [2.24, 2.45) is 0 Å². The van der Waals surface area contributed by atoms with Crippen LogP contribution in [0.4, 0.5) is 8.78 Å². The number of ether oxygens (including phenoxy) is 1. The highest BCUT2D eigenvalue weighted by atomic mass is 19.3. The predicted octanol–water partition coefficient (Wildman–Crippen LogP) is 1.36. The fourth-order valence-electron chi connectivity index (χ4n) is 0.893. The minimum Gasteiger partial charge on any atom is -0.456 e. The zero-order chi connectivity index (χ0) is 11.3. The summed E-state index contributed by atoms with van der Waals surface area (Å²) in [6.07, 6.45) is 0. The van der Waals surface area contributed by atoms with Crippen LogP contribution in [0, 0.1) is 0 Å². The fraction of sp³-hybridized carbons (Fsp3) is 0.300. The van der Waals surface area contributed by atoms with E-state index in [2.05, 4.69) is 4.74 Å². The van der Waals surface area contributed by atoms with E-state index in [1.54, 1.807) is 30.3 Å². The first kappa shape index (κ1) is 11.6. The summed E-state index contributed by atoms with van der Waals surface area (Å²) < 4.78 is 29.4. The molecule has 1 rings (SSSR count). The average Bonchev–Trinajstić information content (AvgIpc) is 2.27. The molecule has 0 saturated heterocycles. The van der Waals surface area contributed by atoms with Crippen molar-refractivity contribution in [1.82, 2.24) is 0 Å². The molecule has 1 N–H and O–H groups in total. The van der Waals surface area contributed by atoms with Crippen molar-refractivity contribution in [1.29, 1.82) is 0 Å². The van der Waals surface area contributed by atoms with Crippen molar-refractivity contribution in [2.75, 3.05) is 6.61 Å². The molecule has 3 nitrogen and oxygen atoms in total. The van der Waals surface area contributed by atoms with E-state index >= 15 is 0 Å². The Morgan fingerprint density at radius 2 is 1.93 bits per heavy atom. The number of benzene rings is 1. The molecule has 0 amide bonds. The Bertz CT molecular complexity index is 325. The highest BCUT2D eigenvalue weighted by Crippen LogP contribution is 2.15. The second-order valence-electron chi connectivity index (χ2n) is 2.92. The lowest BCUT2D eigenvalue weighted by Crippen LogP contribution is -2.34. The molecule has 82 valence electrons. The fourth-order valence-corrected chi connectivity index (χ4v) is 0.893. The number of hydrogen-bond donors (Lipinski definition) is 1. The topological polar surface area (TPSA) is 46.5 Å². The zero-order valence-electron chi connectivity index (χ0n) is 7.82. The summed E-state index contributed by atoms with van der Waals surface area (Å²) in [7, 11) is 0. The minimum atomic E-state index is -3.82. The monoisotopic (exact) mass is 216 g/mol. The van der Waals surface area contributed by atoms with Crippen molar-refractivity contribution in [3.63, 3.8) is 0 Å². The third kappa shape index (κ3) is 3.28. The minimum absolute atomic E-state index is 0.227. The van der Waals surface area contributed by atoms with Crippen LogP contribution in [0.15, 0.2) is 30.3 Å². The first-order valence-electron chi connectivity index (χ1n) is 4.26. The second-order valence-corrected chi connectivity index (χ2v) is 2.92. The third-order valence-corrected chi connectivity index (χ3v) is 1.71. The van der Waals surface area contributed by atoms with Gasteiger partial charge in [-0.25, -0.2) is 4.79 Å². The Morgan fingerprint density at radius 1 is 1.33 bits per heavy atom. The van der Waals surface area contributed by atoms with Gasteiger partial charge in [-0.3, -0.25) is 0 Å². The Hall–Kier alpha value is -1.49. The van der Waals surface area contributed by atoms with Gasteiger partial charge in [0.2, 0.25) is 0 Å². The van der Waals surface area contributed by atoms with Crippen LogP contribution in [0.25, 0.3) is 0 Å². The molecule has 0 aliphatic heterocycles. The van der Waals surface area contributed by atoms with Crippen LogP contribution in [0.1, 0.15) is 5.56 Å². The summed E-state index contributed by atoms with van der Waals surface area (Å²) >= 11 is 0. The number of aliphatic hydroxyl groups excluding tert-OH is 1. The van der Waals surface area contributed by atoms with Crippen LogP contribution >= 0.6 is 0 Å². The van der Waals surface area contributed by atoms with E-state index in [1.165, 1.54) is 0 Å². The maximum absolute atomic E-state index is 12.5. The highest BCUT2D eigenvalue weighted by Gasteiger charge is 2.39. The number of hydrogen-bond acceptors (Lipinski definition) is 3. The van der Waals surface area contributed by atoms with Gasteiger partial charge in [-0.05, 0) is 5.56 Å². The van der Waals surface area contributed by atoms with E-state index in [1.807, 2.05) is 0 Å². The number of rotatable bonds is 4. The second kappa shape index (κ2) is 4.84. The van der Waals surface area contributed by atoms with Crippen molar-refractivity contribution in [3.8, 4) is 0 Å². The Morgan fingerprint density at radius 3 is 2.47 bits per heavy atom. The molecular formula is C10H10F2O3. The maximum atomic E-state index is 12.5. The maximum Gasteiger partial charge on any atom is 0.379 e. The van der Waals surface area contributed by atoms with Gasteiger partial charge in [0.25, 0.3) is 0 Å². The normalized spacial score (nSPS) is 11.1. The standard InChI is InChI=1S/C10H10F2O3/c11-10(12,7-13)9(14)15-6-8-4-2-1-3-5-8/h1-5,13H,6-7H2. The molecule has 0 aliphatic carbocycles. The molecular weight excluding hydrogens is 206 g/mol. The van der Waals surface area contributed by atoms with Crippen LogP contribution in [0.5, 0.6) is 0 Å². The van der Waals surface area contributed by atoms with Crippen LogP contribution in [0.3, 0.4) is 0 Å². The summed E-state index contributed by atoms with van der Waals surface area (Å²) in [5.74, 6) is -5.54. The van der Waals surface area contributed by atoms with Crippen molar-refractivity contribution < 1.29 is 23.4 Å². The first-order chi connectivity index (χ1) is 7.06. The van der Waals surface area contributed by atoms with Gasteiger partial charge in [0.15, 0.2) is 0 Å². The quantitative estimate of drug-likeness (QED) is 0.773. The molecule has 0 radical (unpaired) electrons. The lowest BCUT2D eigenvalue weighted by molar-refractivity contribution is -0.178.